The number of aromatic nitrogens is 1. The molecule has 0 spiro atoms. The third-order valence-corrected chi connectivity index (χ3v) is 7.07. The SMILES string of the molecule is CCN(CC)CCN(C(=O)c1cc2cccc(OC)c2o1)c1nc2c(OC)ccc(C)c2s1.Cl. The van der Waals surface area contributed by atoms with Gasteiger partial charge in [-0.2, -0.15) is 0 Å². The van der Waals surface area contributed by atoms with Crippen molar-refractivity contribution < 1.29 is 18.7 Å². The molecule has 34 heavy (non-hydrogen) atoms. The first kappa shape index (κ1) is 25.8. The number of fused-ring (bicyclic) bond motifs is 2. The highest BCUT2D eigenvalue weighted by atomic mass is 35.5. The first-order valence-electron chi connectivity index (χ1n) is 11.1. The number of aryl methyl sites for hydroxylation is 1. The van der Waals surface area contributed by atoms with Gasteiger partial charge in [0.05, 0.1) is 18.9 Å². The van der Waals surface area contributed by atoms with Crippen LogP contribution in [0.1, 0.15) is 30.0 Å². The number of hydrogen-bond donors (Lipinski definition) is 0. The molecule has 0 aliphatic heterocycles. The van der Waals surface area contributed by atoms with Gasteiger partial charge in [-0.15, -0.1) is 12.4 Å². The largest absolute Gasteiger partial charge is 0.494 e. The normalized spacial score (nSPS) is 11.1. The Hall–Kier alpha value is -2.81. The monoisotopic (exact) mass is 503 g/mol. The molecule has 9 heteroatoms. The minimum absolute atomic E-state index is 0. The lowest BCUT2D eigenvalue weighted by Gasteiger charge is -2.24. The smallest absolute Gasteiger partial charge is 0.295 e. The Balaban J connectivity index is 0.00000324. The van der Waals surface area contributed by atoms with Crippen LogP contribution in [0.15, 0.2) is 40.8 Å². The number of likely N-dealkylation sites (N-methyl/N-ethyl adjacent to an activating group) is 1. The molecule has 0 saturated heterocycles. The maximum Gasteiger partial charge on any atom is 0.295 e. The predicted molar refractivity (Wildman–Crippen MR) is 140 cm³/mol. The number of benzene rings is 2. The van der Waals surface area contributed by atoms with Gasteiger partial charge in [0.25, 0.3) is 5.91 Å². The number of carbonyl (C=O) groups excluding carboxylic acids is 1. The van der Waals surface area contributed by atoms with Gasteiger partial charge in [0.1, 0.15) is 11.3 Å². The van der Waals surface area contributed by atoms with Gasteiger partial charge in [0, 0.05) is 18.5 Å². The van der Waals surface area contributed by atoms with Crippen molar-refractivity contribution in [2.75, 3.05) is 45.3 Å². The summed E-state index contributed by atoms with van der Waals surface area (Å²) in [6, 6.07) is 11.3. The standard InChI is InChI=1S/C25H29N3O4S.ClH/c1-6-27(7-2)13-14-28(25-26-21-18(30-4)12-11-16(3)23(21)33-25)24(29)20-15-17-9-8-10-19(31-5)22(17)32-20;/h8-12,15H,6-7,13-14H2,1-5H3;1H. The number of rotatable bonds is 9. The summed E-state index contributed by atoms with van der Waals surface area (Å²) in [4.78, 5) is 22.5. The van der Waals surface area contributed by atoms with Crippen molar-refractivity contribution in [3.63, 3.8) is 0 Å². The zero-order valence-corrected chi connectivity index (χ0v) is 21.7. The van der Waals surface area contributed by atoms with E-state index >= 15 is 0 Å². The zero-order chi connectivity index (χ0) is 23.5. The first-order valence-corrected chi connectivity index (χ1v) is 11.9. The predicted octanol–water partition coefficient (Wildman–Crippen LogP) is 5.78. The van der Waals surface area contributed by atoms with Crippen molar-refractivity contribution in [1.29, 1.82) is 0 Å². The maximum atomic E-state index is 13.7. The van der Waals surface area contributed by atoms with Crippen LogP contribution in [0.25, 0.3) is 21.2 Å². The molecule has 7 nitrogen and oxygen atoms in total. The summed E-state index contributed by atoms with van der Waals surface area (Å²) in [6.07, 6.45) is 0. The van der Waals surface area contributed by atoms with Crippen LogP contribution in [0.3, 0.4) is 0 Å². The molecule has 2 aromatic heterocycles. The summed E-state index contributed by atoms with van der Waals surface area (Å²) in [5.41, 5.74) is 2.43. The van der Waals surface area contributed by atoms with Gasteiger partial charge >= 0.3 is 0 Å². The molecule has 1 amide bonds. The fourth-order valence-corrected chi connectivity index (χ4v) is 4.96. The topological polar surface area (TPSA) is 68.0 Å². The van der Waals surface area contributed by atoms with Crippen molar-refractivity contribution in [2.45, 2.75) is 20.8 Å². The highest BCUT2D eigenvalue weighted by Crippen LogP contribution is 2.37. The molecule has 0 unspecified atom stereocenters. The number of para-hydroxylation sites is 1. The van der Waals surface area contributed by atoms with E-state index in [2.05, 4.69) is 18.7 Å². The summed E-state index contributed by atoms with van der Waals surface area (Å²) in [7, 11) is 3.22. The number of methoxy groups -OCH3 is 2. The van der Waals surface area contributed by atoms with Gasteiger partial charge in [-0.3, -0.25) is 9.69 Å². The molecule has 2 aromatic carbocycles. The van der Waals surface area contributed by atoms with E-state index in [9.17, 15) is 4.79 Å². The van der Waals surface area contributed by atoms with Crippen molar-refractivity contribution in [2.24, 2.45) is 0 Å². The molecule has 0 aliphatic carbocycles. The first-order chi connectivity index (χ1) is 16.0. The minimum atomic E-state index is -0.226. The van der Waals surface area contributed by atoms with E-state index in [1.54, 1.807) is 25.2 Å². The summed E-state index contributed by atoms with van der Waals surface area (Å²) in [6.45, 7) is 9.32. The van der Waals surface area contributed by atoms with E-state index in [0.717, 1.165) is 40.8 Å². The molecule has 0 N–H and O–H groups in total. The molecule has 2 heterocycles. The molecule has 0 saturated carbocycles. The van der Waals surface area contributed by atoms with Gasteiger partial charge in [0.15, 0.2) is 22.2 Å². The van der Waals surface area contributed by atoms with Crippen molar-refractivity contribution in [3.8, 4) is 11.5 Å². The molecular formula is C25H30ClN3O4S. The Morgan fingerprint density at radius 3 is 2.47 bits per heavy atom. The Morgan fingerprint density at radius 2 is 1.79 bits per heavy atom. The second kappa shape index (κ2) is 11.1. The lowest BCUT2D eigenvalue weighted by molar-refractivity contribution is 0.0959. The average Bonchev–Trinajstić information content (AvgIpc) is 3.47. The molecule has 0 atom stereocenters. The van der Waals surface area contributed by atoms with Crippen LogP contribution in [0, 0.1) is 6.92 Å². The van der Waals surface area contributed by atoms with Gasteiger partial charge in [-0.05, 0) is 43.8 Å². The Labute approximate surface area is 209 Å². The highest BCUT2D eigenvalue weighted by molar-refractivity contribution is 7.22. The number of carbonyl (C=O) groups is 1. The number of ether oxygens (including phenoxy) is 2. The lowest BCUT2D eigenvalue weighted by Crippen LogP contribution is -2.38. The van der Waals surface area contributed by atoms with Gasteiger partial charge in [-0.1, -0.05) is 43.4 Å². The van der Waals surface area contributed by atoms with E-state index in [0.29, 0.717) is 28.8 Å². The second-order valence-electron chi connectivity index (χ2n) is 7.73. The van der Waals surface area contributed by atoms with Crippen molar-refractivity contribution in [1.82, 2.24) is 9.88 Å². The van der Waals surface area contributed by atoms with E-state index in [1.807, 2.05) is 37.3 Å². The molecule has 0 fully saturated rings. The molecule has 4 rings (SSSR count). The summed E-state index contributed by atoms with van der Waals surface area (Å²) < 4.78 is 17.9. The quantitative estimate of drug-likeness (QED) is 0.288. The summed E-state index contributed by atoms with van der Waals surface area (Å²) in [5.74, 6) is 1.33. The lowest BCUT2D eigenvalue weighted by atomic mass is 10.2. The zero-order valence-electron chi connectivity index (χ0n) is 20.1. The van der Waals surface area contributed by atoms with Gasteiger partial charge in [-0.25, -0.2) is 4.98 Å². The van der Waals surface area contributed by atoms with E-state index in [1.165, 1.54) is 11.3 Å². The number of nitrogens with zero attached hydrogens (tertiary/aromatic N) is 3. The van der Waals surface area contributed by atoms with Gasteiger partial charge in [0.2, 0.25) is 0 Å². The van der Waals surface area contributed by atoms with Crippen LogP contribution in [0.2, 0.25) is 0 Å². The number of thiazole rings is 1. The fraction of sp³-hybridized carbons (Fsp3) is 0.360. The number of anilines is 1. The number of halogens is 1. The molecule has 0 aliphatic rings. The van der Waals surface area contributed by atoms with Crippen molar-refractivity contribution >= 4 is 56.0 Å². The number of furan rings is 1. The van der Waals surface area contributed by atoms with E-state index < -0.39 is 0 Å². The minimum Gasteiger partial charge on any atom is -0.494 e. The fourth-order valence-electron chi connectivity index (χ4n) is 3.88. The molecular weight excluding hydrogens is 474 g/mol. The van der Waals surface area contributed by atoms with Crippen LogP contribution in [-0.2, 0) is 0 Å². The Kier molecular flexibility index (Phi) is 8.41. The molecule has 0 radical (unpaired) electrons. The maximum absolute atomic E-state index is 13.7. The molecule has 182 valence electrons. The summed E-state index contributed by atoms with van der Waals surface area (Å²) in [5, 5.41) is 1.45. The number of amides is 1. The molecule has 0 bridgehead atoms. The highest BCUT2D eigenvalue weighted by Gasteiger charge is 2.26. The van der Waals surface area contributed by atoms with Crippen LogP contribution in [0.4, 0.5) is 5.13 Å². The van der Waals surface area contributed by atoms with E-state index in [4.69, 9.17) is 18.9 Å². The molecule has 4 aromatic rings. The van der Waals surface area contributed by atoms with Crippen LogP contribution in [-0.4, -0.2) is 56.2 Å². The Morgan fingerprint density at radius 1 is 1.06 bits per heavy atom. The average molecular weight is 504 g/mol. The van der Waals surface area contributed by atoms with Crippen molar-refractivity contribution in [3.05, 3.63) is 47.7 Å². The second-order valence-corrected chi connectivity index (χ2v) is 8.71. The van der Waals surface area contributed by atoms with Crippen LogP contribution in [0.5, 0.6) is 11.5 Å². The number of hydrogen-bond acceptors (Lipinski definition) is 7. The third-order valence-electron chi connectivity index (χ3n) is 5.86. The van der Waals surface area contributed by atoms with Gasteiger partial charge < -0.3 is 18.8 Å². The Bertz CT molecular complexity index is 1280. The van der Waals surface area contributed by atoms with Crippen LogP contribution >= 0.6 is 23.7 Å². The van der Waals surface area contributed by atoms with E-state index in [-0.39, 0.29) is 24.1 Å². The summed E-state index contributed by atoms with van der Waals surface area (Å²) >= 11 is 1.50. The third kappa shape index (κ3) is 4.85. The van der Waals surface area contributed by atoms with Crippen LogP contribution < -0.4 is 14.4 Å².